The van der Waals surface area contributed by atoms with E-state index in [2.05, 4.69) is 0 Å². The standard InChI is InChI=1S/C12H7F17O2S/c1-2-32(30,31)4-3-5(13,14)6(15,16)7(17,18)8(19,20)9(21,22)10(23,24)11(25,26)12(27,28)29/h3-4H,2H2,1H3. The number of sulfone groups is 1. The molecule has 0 aliphatic heterocycles. The van der Waals surface area contributed by atoms with E-state index in [0.29, 0.717) is 6.92 Å². The van der Waals surface area contributed by atoms with Gasteiger partial charge in [-0.2, -0.15) is 74.6 Å². The predicted octanol–water partition coefficient (Wildman–Crippen LogP) is 5.94. The van der Waals surface area contributed by atoms with E-state index in [1.807, 2.05) is 0 Å². The van der Waals surface area contributed by atoms with Gasteiger partial charge in [0.25, 0.3) is 0 Å². The Morgan fingerprint density at radius 1 is 0.531 bits per heavy atom. The number of hydrogen-bond acceptors (Lipinski definition) is 2. The third-order valence-electron chi connectivity index (χ3n) is 3.63. The molecule has 0 heterocycles. The second kappa shape index (κ2) is 7.78. The van der Waals surface area contributed by atoms with Crippen LogP contribution in [0.5, 0.6) is 0 Å². The van der Waals surface area contributed by atoms with Gasteiger partial charge in [-0.05, 0) is 0 Å². The van der Waals surface area contributed by atoms with Crippen LogP contribution in [-0.2, 0) is 9.84 Å². The van der Waals surface area contributed by atoms with Crippen LogP contribution in [0, 0.1) is 0 Å². The van der Waals surface area contributed by atoms with E-state index < -0.39 is 74.7 Å². The minimum absolute atomic E-state index is 0.655. The SMILES string of the molecule is CCS(=O)(=O)C=CC(F)(F)C(F)(F)C(F)(F)C(F)(F)C(F)(F)C(F)(F)C(F)(F)C(F)(F)F. The summed E-state index contributed by atoms with van der Waals surface area (Å²) in [6.07, 6.45) is -9.55. The summed E-state index contributed by atoms with van der Waals surface area (Å²) >= 11 is 0. The molecule has 0 radical (unpaired) electrons. The van der Waals surface area contributed by atoms with Crippen LogP contribution in [0.1, 0.15) is 6.92 Å². The van der Waals surface area contributed by atoms with Crippen LogP contribution in [0.3, 0.4) is 0 Å². The number of alkyl halides is 17. The molecule has 0 unspecified atom stereocenters. The Morgan fingerprint density at radius 3 is 1.09 bits per heavy atom. The van der Waals surface area contributed by atoms with E-state index in [9.17, 15) is 83.1 Å². The Balaban J connectivity index is 6.78. The fourth-order valence-corrected chi connectivity index (χ4v) is 2.14. The summed E-state index contributed by atoms with van der Waals surface area (Å²) in [6.45, 7) is 0.655. The molecule has 32 heavy (non-hydrogen) atoms. The van der Waals surface area contributed by atoms with Crippen LogP contribution in [0.15, 0.2) is 11.5 Å². The van der Waals surface area contributed by atoms with Gasteiger partial charge >= 0.3 is 47.6 Å². The normalized spacial score (nSPS) is 16.7. The Hall–Kier alpha value is -1.50. The van der Waals surface area contributed by atoms with Gasteiger partial charge in [0, 0.05) is 11.5 Å². The molecule has 0 aromatic rings. The van der Waals surface area contributed by atoms with Crippen molar-refractivity contribution in [3.05, 3.63) is 11.5 Å². The van der Waals surface area contributed by atoms with Crippen LogP contribution < -0.4 is 0 Å². The molecule has 0 N–H and O–H groups in total. The third kappa shape index (κ3) is 4.22. The maximum atomic E-state index is 13.4. The van der Waals surface area contributed by atoms with Gasteiger partial charge in [-0.3, -0.25) is 0 Å². The van der Waals surface area contributed by atoms with E-state index in [-0.39, 0.29) is 0 Å². The van der Waals surface area contributed by atoms with Gasteiger partial charge < -0.3 is 0 Å². The summed E-state index contributed by atoms with van der Waals surface area (Å²) in [4.78, 5) is 0. The lowest BCUT2D eigenvalue weighted by molar-refractivity contribution is -0.459. The zero-order valence-corrected chi connectivity index (χ0v) is 15.3. The molecule has 0 spiro atoms. The molecular formula is C12H7F17O2S. The summed E-state index contributed by atoms with van der Waals surface area (Å²) in [6, 6.07) is 0. The van der Waals surface area contributed by atoms with Crippen LogP contribution in [0.25, 0.3) is 0 Å². The molecule has 0 saturated heterocycles. The van der Waals surface area contributed by atoms with Gasteiger partial charge in [0.15, 0.2) is 9.84 Å². The van der Waals surface area contributed by atoms with Crippen molar-refractivity contribution in [1.82, 2.24) is 0 Å². The monoisotopic (exact) mass is 538 g/mol. The van der Waals surface area contributed by atoms with Crippen molar-refractivity contribution in [3.8, 4) is 0 Å². The van der Waals surface area contributed by atoms with Crippen molar-refractivity contribution < 1.29 is 83.1 Å². The smallest absolute Gasteiger partial charge is 0.224 e. The molecule has 192 valence electrons. The van der Waals surface area contributed by atoms with Gasteiger partial charge in [0.1, 0.15) is 0 Å². The second-order valence-electron chi connectivity index (χ2n) is 5.82. The maximum absolute atomic E-state index is 13.4. The molecule has 0 fully saturated rings. The minimum atomic E-state index is -8.72. The van der Waals surface area contributed by atoms with Crippen molar-refractivity contribution in [2.24, 2.45) is 0 Å². The molecule has 20 heteroatoms. The van der Waals surface area contributed by atoms with Crippen molar-refractivity contribution in [2.75, 3.05) is 5.75 Å². The Kier molecular flexibility index (Phi) is 7.41. The first-order valence-corrected chi connectivity index (χ1v) is 8.86. The van der Waals surface area contributed by atoms with Gasteiger partial charge in [-0.25, -0.2) is 8.42 Å². The summed E-state index contributed by atoms with van der Waals surface area (Å²) < 4.78 is 242. The Labute approximate surface area is 166 Å². The molecule has 2 nitrogen and oxygen atoms in total. The summed E-state index contributed by atoms with van der Waals surface area (Å²) in [5.74, 6) is -58.7. The first kappa shape index (κ1) is 30.5. The van der Waals surface area contributed by atoms with E-state index in [0.717, 1.165) is 0 Å². The van der Waals surface area contributed by atoms with Crippen LogP contribution in [0.4, 0.5) is 74.6 Å². The lowest BCUT2D eigenvalue weighted by Gasteiger charge is -2.42. The maximum Gasteiger partial charge on any atom is 0.460 e. The van der Waals surface area contributed by atoms with Crippen molar-refractivity contribution >= 4 is 9.84 Å². The molecule has 0 aromatic heterocycles. The fourth-order valence-electron chi connectivity index (χ4n) is 1.57. The molecule has 0 rings (SSSR count). The zero-order chi connectivity index (χ0) is 26.6. The summed E-state index contributed by atoms with van der Waals surface area (Å²) in [7, 11) is -4.90. The first-order chi connectivity index (χ1) is 13.5. The zero-order valence-electron chi connectivity index (χ0n) is 14.5. The highest BCUT2D eigenvalue weighted by atomic mass is 32.2. The minimum Gasteiger partial charge on any atom is -0.224 e. The molecule has 0 amide bonds. The summed E-state index contributed by atoms with van der Waals surface area (Å²) in [5, 5.41) is -0.973. The molecule has 0 atom stereocenters. The Morgan fingerprint density at radius 2 is 0.812 bits per heavy atom. The van der Waals surface area contributed by atoms with Crippen molar-refractivity contribution in [3.63, 3.8) is 0 Å². The van der Waals surface area contributed by atoms with Crippen LogP contribution in [0.2, 0.25) is 0 Å². The molecule has 0 aliphatic carbocycles. The largest absolute Gasteiger partial charge is 0.460 e. The molecule has 0 saturated carbocycles. The van der Waals surface area contributed by atoms with Gasteiger partial charge in [-0.1, -0.05) is 6.92 Å². The second-order valence-corrected chi connectivity index (χ2v) is 8.00. The van der Waals surface area contributed by atoms with E-state index in [1.165, 1.54) is 0 Å². The first-order valence-electron chi connectivity index (χ1n) is 7.15. The summed E-state index contributed by atoms with van der Waals surface area (Å²) in [5.41, 5.74) is 0. The van der Waals surface area contributed by atoms with Crippen molar-refractivity contribution in [2.45, 2.75) is 54.6 Å². The number of allylic oxidation sites excluding steroid dienone is 1. The molecule has 0 aliphatic rings. The Bertz CT molecular complexity index is 821. The molecular weight excluding hydrogens is 531 g/mol. The van der Waals surface area contributed by atoms with Crippen LogP contribution in [-0.4, -0.2) is 61.8 Å². The average molecular weight is 538 g/mol. The lowest BCUT2D eigenvalue weighted by atomic mass is 9.89. The highest BCUT2D eigenvalue weighted by Crippen LogP contribution is 2.64. The highest BCUT2D eigenvalue weighted by Gasteiger charge is 2.95. The topological polar surface area (TPSA) is 34.1 Å². The highest BCUT2D eigenvalue weighted by molar-refractivity contribution is 7.94. The van der Waals surface area contributed by atoms with Crippen LogP contribution >= 0.6 is 0 Å². The fraction of sp³-hybridized carbons (Fsp3) is 0.833. The number of hydrogen-bond donors (Lipinski definition) is 0. The number of halogens is 17. The third-order valence-corrected chi connectivity index (χ3v) is 4.99. The predicted molar refractivity (Wildman–Crippen MR) is 69.3 cm³/mol. The molecule has 0 aromatic carbocycles. The van der Waals surface area contributed by atoms with E-state index in [4.69, 9.17) is 0 Å². The van der Waals surface area contributed by atoms with E-state index in [1.54, 1.807) is 0 Å². The lowest BCUT2D eigenvalue weighted by Crippen LogP contribution is -2.74. The van der Waals surface area contributed by atoms with Gasteiger partial charge in [0.05, 0.1) is 5.75 Å². The average Bonchev–Trinajstić information content (AvgIpc) is 2.58. The van der Waals surface area contributed by atoms with Gasteiger partial charge in [0.2, 0.25) is 0 Å². The van der Waals surface area contributed by atoms with Crippen molar-refractivity contribution in [1.29, 1.82) is 0 Å². The number of rotatable bonds is 9. The van der Waals surface area contributed by atoms with Gasteiger partial charge in [-0.15, -0.1) is 0 Å². The van der Waals surface area contributed by atoms with E-state index >= 15 is 0 Å². The molecule has 0 bridgehead atoms. The quantitative estimate of drug-likeness (QED) is 0.341.